The van der Waals surface area contributed by atoms with Gasteiger partial charge in [0.25, 0.3) is 0 Å². The maximum Gasteiger partial charge on any atom is 0.416 e. The van der Waals surface area contributed by atoms with E-state index in [0.29, 0.717) is 5.56 Å². The zero-order chi connectivity index (χ0) is 20.9. The second kappa shape index (κ2) is 8.91. The molecule has 0 saturated carbocycles. The Balaban J connectivity index is 2.06. The third-order valence-electron chi connectivity index (χ3n) is 4.48. The van der Waals surface area contributed by atoms with E-state index < -0.39 is 29.7 Å². The van der Waals surface area contributed by atoms with Gasteiger partial charge in [-0.3, -0.25) is 4.79 Å². The van der Waals surface area contributed by atoms with Gasteiger partial charge in [-0.05, 0) is 48.2 Å². The molecule has 0 saturated heterocycles. The summed E-state index contributed by atoms with van der Waals surface area (Å²) in [7, 11) is 1.23. The minimum Gasteiger partial charge on any atom is -0.467 e. The van der Waals surface area contributed by atoms with E-state index >= 15 is 0 Å². The summed E-state index contributed by atoms with van der Waals surface area (Å²) in [5.41, 5.74) is 2.69. The molecular formula is C21H22F3NO3. The molecule has 0 aliphatic heterocycles. The zero-order valence-electron chi connectivity index (χ0n) is 15.9. The molecule has 0 spiro atoms. The summed E-state index contributed by atoms with van der Waals surface area (Å²) < 4.78 is 42.6. The highest BCUT2D eigenvalue weighted by Gasteiger charge is 2.30. The lowest BCUT2D eigenvalue weighted by Gasteiger charge is -2.17. The number of nitrogens with one attached hydrogen (secondary N) is 1. The van der Waals surface area contributed by atoms with Gasteiger partial charge in [0.05, 0.1) is 19.1 Å². The third kappa shape index (κ3) is 5.84. The van der Waals surface area contributed by atoms with E-state index in [0.717, 1.165) is 28.8 Å². The number of hydrogen-bond acceptors (Lipinski definition) is 3. The van der Waals surface area contributed by atoms with Gasteiger partial charge in [0.2, 0.25) is 5.91 Å². The summed E-state index contributed by atoms with van der Waals surface area (Å²) in [5.74, 6) is -1.06. The van der Waals surface area contributed by atoms with Gasteiger partial charge >= 0.3 is 12.1 Å². The number of esters is 1. The Morgan fingerprint density at radius 2 is 1.61 bits per heavy atom. The number of amides is 1. The molecule has 1 N–H and O–H groups in total. The topological polar surface area (TPSA) is 55.4 Å². The minimum atomic E-state index is -4.43. The lowest BCUT2D eigenvalue weighted by molar-refractivity contribution is -0.145. The molecule has 28 heavy (non-hydrogen) atoms. The van der Waals surface area contributed by atoms with Gasteiger partial charge in [-0.2, -0.15) is 13.2 Å². The molecule has 0 radical (unpaired) electrons. The molecule has 1 amide bonds. The molecule has 0 bridgehead atoms. The maximum absolute atomic E-state index is 12.6. The van der Waals surface area contributed by atoms with Gasteiger partial charge in [-0.1, -0.05) is 30.3 Å². The van der Waals surface area contributed by atoms with Crippen molar-refractivity contribution in [3.63, 3.8) is 0 Å². The van der Waals surface area contributed by atoms with Gasteiger partial charge in [-0.25, -0.2) is 4.79 Å². The fourth-order valence-corrected chi connectivity index (χ4v) is 2.74. The Morgan fingerprint density at radius 3 is 2.14 bits per heavy atom. The van der Waals surface area contributed by atoms with Crippen LogP contribution in [0.25, 0.3) is 0 Å². The quantitative estimate of drug-likeness (QED) is 0.761. The van der Waals surface area contributed by atoms with Crippen LogP contribution in [0.3, 0.4) is 0 Å². The molecule has 0 aliphatic rings. The monoisotopic (exact) mass is 393 g/mol. The van der Waals surface area contributed by atoms with Crippen LogP contribution in [0.5, 0.6) is 0 Å². The summed E-state index contributed by atoms with van der Waals surface area (Å²) in [5, 5.41) is 2.61. The van der Waals surface area contributed by atoms with Crippen molar-refractivity contribution in [3.05, 3.63) is 70.3 Å². The van der Waals surface area contributed by atoms with Crippen molar-refractivity contribution in [1.82, 2.24) is 5.32 Å². The van der Waals surface area contributed by atoms with Crippen LogP contribution in [0.4, 0.5) is 13.2 Å². The average molecular weight is 393 g/mol. The number of aryl methyl sites for hydroxylation is 2. The predicted molar refractivity (Wildman–Crippen MR) is 98.7 cm³/mol. The molecular weight excluding hydrogens is 371 g/mol. The fourth-order valence-electron chi connectivity index (χ4n) is 2.74. The van der Waals surface area contributed by atoms with E-state index in [-0.39, 0.29) is 12.8 Å². The number of carbonyl (C=O) groups excluding carboxylic acids is 2. The number of carbonyl (C=O) groups is 2. The SMILES string of the molecule is COC(=O)[C@@H](Cc1ccc(C)c(C)c1)NC(=O)Cc1ccc(C(F)(F)F)cc1. The maximum atomic E-state index is 12.6. The van der Waals surface area contributed by atoms with Crippen LogP contribution in [0.1, 0.15) is 27.8 Å². The van der Waals surface area contributed by atoms with Gasteiger partial charge in [0, 0.05) is 6.42 Å². The van der Waals surface area contributed by atoms with Crippen molar-refractivity contribution in [2.45, 2.75) is 38.9 Å². The van der Waals surface area contributed by atoms with Crippen molar-refractivity contribution in [1.29, 1.82) is 0 Å². The van der Waals surface area contributed by atoms with Crippen LogP contribution >= 0.6 is 0 Å². The standard InChI is InChI=1S/C21H22F3NO3/c1-13-4-5-16(10-14(13)2)11-18(20(27)28-3)25-19(26)12-15-6-8-17(9-7-15)21(22,23)24/h4-10,18H,11-12H2,1-3H3,(H,25,26)/t18-/m1/s1. The van der Waals surface area contributed by atoms with E-state index in [2.05, 4.69) is 5.32 Å². The second-order valence-electron chi connectivity index (χ2n) is 6.64. The molecule has 7 heteroatoms. The lowest BCUT2D eigenvalue weighted by Crippen LogP contribution is -2.43. The lowest BCUT2D eigenvalue weighted by atomic mass is 10.0. The Kier molecular flexibility index (Phi) is 6.83. The van der Waals surface area contributed by atoms with Crippen molar-refractivity contribution < 1.29 is 27.5 Å². The summed E-state index contributed by atoms with van der Waals surface area (Å²) in [6.07, 6.45) is -4.31. The molecule has 150 valence electrons. The highest BCUT2D eigenvalue weighted by molar-refractivity contribution is 5.85. The van der Waals surface area contributed by atoms with E-state index in [1.165, 1.54) is 19.2 Å². The Labute approximate surface area is 161 Å². The van der Waals surface area contributed by atoms with Crippen LogP contribution in [-0.4, -0.2) is 25.0 Å². The van der Waals surface area contributed by atoms with E-state index in [1.54, 1.807) is 0 Å². The van der Waals surface area contributed by atoms with Crippen LogP contribution in [0, 0.1) is 13.8 Å². The van der Waals surface area contributed by atoms with Crippen LogP contribution in [-0.2, 0) is 33.3 Å². The van der Waals surface area contributed by atoms with Crippen LogP contribution in [0.15, 0.2) is 42.5 Å². The molecule has 2 rings (SSSR count). The first-order valence-electron chi connectivity index (χ1n) is 8.69. The van der Waals surface area contributed by atoms with Crippen molar-refractivity contribution in [2.24, 2.45) is 0 Å². The van der Waals surface area contributed by atoms with E-state index in [9.17, 15) is 22.8 Å². The molecule has 4 nitrogen and oxygen atoms in total. The number of halogens is 3. The van der Waals surface area contributed by atoms with Crippen LogP contribution in [0.2, 0.25) is 0 Å². The smallest absolute Gasteiger partial charge is 0.416 e. The summed E-state index contributed by atoms with van der Waals surface area (Å²) in [6.45, 7) is 3.93. The molecule has 0 fully saturated rings. The second-order valence-corrected chi connectivity index (χ2v) is 6.64. The average Bonchev–Trinajstić information content (AvgIpc) is 2.63. The van der Waals surface area contributed by atoms with Crippen molar-refractivity contribution in [2.75, 3.05) is 7.11 Å². The van der Waals surface area contributed by atoms with Gasteiger partial charge < -0.3 is 10.1 Å². The number of rotatable bonds is 6. The summed E-state index contributed by atoms with van der Waals surface area (Å²) in [4.78, 5) is 24.3. The van der Waals surface area contributed by atoms with E-state index in [4.69, 9.17) is 4.74 Å². The van der Waals surface area contributed by atoms with Crippen molar-refractivity contribution in [3.8, 4) is 0 Å². The minimum absolute atomic E-state index is 0.140. The highest BCUT2D eigenvalue weighted by atomic mass is 19.4. The molecule has 2 aromatic rings. The first-order valence-corrected chi connectivity index (χ1v) is 8.69. The molecule has 0 aliphatic carbocycles. The summed E-state index contributed by atoms with van der Waals surface area (Å²) >= 11 is 0. The predicted octanol–water partition coefficient (Wildman–Crippen LogP) is 3.77. The zero-order valence-corrected chi connectivity index (χ0v) is 15.9. The number of methoxy groups -OCH3 is 1. The number of hydrogen-bond donors (Lipinski definition) is 1. The van der Waals surface area contributed by atoms with Gasteiger partial charge in [0.1, 0.15) is 6.04 Å². The number of alkyl halides is 3. The third-order valence-corrected chi connectivity index (χ3v) is 4.48. The molecule has 0 unspecified atom stereocenters. The van der Waals surface area contributed by atoms with E-state index in [1.807, 2.05) is 32.0 Å². The Bertz CT molecular complexity index is 845. The van der Waals surface area contributed by atoms with Gasteiger partial charge in [0.15, 0.2) is 0 Å². The first-order chi connectivity index (χ1) is 13.1. The first kappa shape index (κ1) is 21.5. The normalized spacial score (nSPS) is 12.4. The molecule has 0 aromatic heterocycles. The van der Waals surface area contributed by atoms with Crippen LogP contribution < -0.4 is 5.32 Å². The largest absolute Gasteiger partial charge is 0.467 e. The van der Waals surface area contributed by atoms with Gasteiger partial charge in [-0.15, -0.1) is 0 Å². The highest BCUT2D eigenvalue weighted by Crippen LogP contribution is 2.29. The van der Waals surface area contributed by atoms with Crippen molar-refractivity contribution >= 4 is 11.9 Å². The molecule has 2 aromatic carbocycles. The molecule has 1 atom stereocenters. The fraction of sp³-hybridized carbons (Fsp3) is 0.333. The number of ether oxygens (including phenoxy) is 1. The molecule has 0 heterocycles. The Morgan fingerprint density at radius 1 is 1.00 bits per heavy atom. The summed E-state index contributed by atoms with van der Waals surface area (Å²) in [6, 6.07) is 9.22. The number of benzene rings is 2. The Hall–Kier alpha value is -2.83.